The minimum atomic E-state index is -0.286. The second-order valence-corrected chi connectivity index (χ2v) is 14.5. The van der Waals surface area contributed by atoms with Gasteiger partial charge in [0.2, 0.25) is 11.8 Å². The highest BCUT2D eigenvalue weighted by Gasteiger charge is 2.26. The molecule has 268 valence electrons. The van der Waals surface area contributed by atoms with Crippen molar-refractivity contribution in [3.8, 4) is 5.75 Å². The van der Waals surface area contributed by atoms with Crippen LogP contribution < -0.4 is 15.4 Å². The second kappa shape index (κ2) is 24.4. The third-order valence-electron chi connectivity index (χ3n) is 9.47. The van der Waals surface area contributed by atoms with Crippen LogP contribution >= 0.6 is 11.3 Å². The molecule has 1 aromatic carbocycles. The second-order valence-electron chi connectivity index (χ2n) is 13.4. The van der Waals surface area contributed by atoms with Crippen LogP contribution in [0.5, 0.6) is 5.75 Å². The van der Waals surface area contributed by atoms with E-state index in [0.717, 1.165) is 77.4 Å². The smallest absolute Gasteiger partial charge is 0.312 e. The summed E-state index contributed by atoms with van der Waals surface area (Å²) in [5.41, 5.74) is 2.46. The number of carbonyl (C=O) groups excluding carboxylic acids is 3. The Balaban J connectivity index is 1.20. The van der Waals surface area contributed by atoms with Crippen molar-refractivity contribution in [1.29, 1.82) is 0 Å². The van der Waals surface area contributed by atoms with Crippen molar-refractivity contribution in [2.75, 3.05) is 26.2 Å². The van der Waals surface area contributed by atoms with Crippen molar-refractivity contribution in [2.24, 2.45) is 0 Å². The molecule has 0 fully saturated rings. The normalized spacial score (nSPS) is 14.1. The summed E-state index contributed by atoms with van der Waals surface area (Å²) in [7, 11) is 0. The van der Waals surface area contributed by atoms with Gasteiger partial charge in [0, 0.05) is 43.4 Å². The van der Waals surface area contributed by atoms with Crippen LogP contribution in [0.1, 0.15) is 139 Å². The molecule has 1 aliphatic rings. The predicted molar refractivity (Wildman–Crippen MR) is 199 cm³/mol. The molecular formula is C40H63N3O4S. The molecule has 0 aliphatic heterocycles. The van der Waals surface area contributed by atoms with Gasteiger partial charge in [0.25, 0.3) is 0 Å². The van der Waals surface area contributed by atoms with E-state index in [1.165, 1.54) is 67.4 Å². The first-order valence-corrected chi connectivity index (χ1v) is 20.0. The monoisotopic (exact) mass is 681 g/mol. The highest BCUT2D eigenvalue weighted by Crippen LogP contribution is 2.32. The van der Waals surface area contributed by atoms with Gasteiger partial charge in [-0.25, -0.2) is 0 Å². The highest BCUT2D eigenvalue weighted by molar-refractivity contribution is 7.09. The lowest BCUT2D eigenvalue weighted by atomic mass is 9.86. The molecule has 0 saturated heterocycles. The van der Waals surface area contributed by atoms with E-state index >= 15 is 0 Å². The average Bonchev–Trinajstić information content (AvgIpc) is 3.60. The molecule has 1 aromatic heterocycles. The lowest BCUT2D eigenvalue weighted by Crippen LogP contribution is -2.41. The molecule has 3 rings (SSSR count). The zero-order valence-corrected chi connectivity index (χ0v) is 30.8. The Hall–Kier alpha value is -2.71. The number of thiophene rings is 1. The first-order valence-electron chi connectivity index (χ1n) is 19.1. The Kier molecular flexibility index (Phi) is 20.2. The number of amides is 2. The molecule has 7 nitrogen and oxygen atoms in total. The summed E-state index contributed by atoms with van der Waals surface area (Å²) in [6.07, 6.45) is 20.8. The quantitative estimate of drug-likeness (QED) is 0.0590. The first-order chi connectivity index (χ1) is 23.5. The van der Waals surface area contributed by atoms with E-state index < -0.39 is 0 Å². The van der Waals surface area contributed by atoms with Gasteiger partial charge in [-0.1, -0.05) is 89.3 Å². The Bertz CT molecular complexity index is 1190. The topological polar surface area (TPSA) is 87.7 Å². The zero-order chi connectivity index (χ0) is 34.2. The summed E-state index contributed by atoms with van der Waals surface area (Å²) in [5.74, 6) is 0.604. The number of benzene rings is 1. The van der Waals surface area contributed by atoms with Gasteiger partial charge < -0.3 is 15.4 Å². The number of esters is 1. The Labute approximate surface area is 295 Å². The van der Waals surface area contributed by atoms with Crippen LogP contribution in [0.4, 0.5) is 0 Å². The number of nitrogens with one attached hydrogen (secondary N) is 2. The maximum atomic E-state index is 12.7. The number of rotatable bonds is 26. The minimum absolute atomic E-state index is 0.0210. The molecule has 2 aromatic rings. The summed E-state index contributed by atoms with van der Waals surface area (Å²) < 4.78 is 5.82. The van der Waals surface area contributed by atoms with Crippen LogP contribution in [0.2, 0.25) is 0 Å². The Morgan fingerprint density at radius 2 is 1.44 bits per heavy atom. The van der Waals surface area contributed by atoms with Gasteiger partial charge in [-0.3, -0.25) is 19.3 Å². The Morgan fingerprint density at radius 3 is 2.04 bits per heavy atom. The molecule has 0 bridgehead atoms. The SMILES string of the molecule is CCCN(CCc1cccs1)[C@H]1CCc2c(cccc2OC(=O)CCNC(=O)CCCCCCCCCCCCCCC(=O)NCC)C1. The average molecular weight is 682 g/mol. The number of hydrogen-bond donors (Lipinski definition) is 2. The van der Waals surface area contributed by atoms with Gasteiger partial charge >= 0.3 is 5.97 Å². The van der Waals surface area contributed by atoms with E-state index in [1.54, 1.807) is 0 Å². The minimum Gasteiger partial charge on any atom is -0.426 e. The molecule has 48 heavy (non-hydrogen) atoms. The van der Waals surface area contributed by atoms with Crippen molar-refractivity contribution in [3.63, 3.8) is 0 Å². The number of hydrogen-bond acceptors (Lipinski definition) is 6. The van der Waals surface area contributed by atoms with Crippen molar-refractivity contribution in [1.82, 2.24) is 15.5 Å². The van der Waals surface area contributed by atoms with Gasteiger partial charge in [-0.15, -0.1) is 11.3 Å². The van der Waals surface area contributed by atoms with Crippen molar-refractivity contribution >= 4 is 29.1 Å². The van der Waals surface area contributed by atoms with Crippen molar-refractivity contribution in [2.45, 2.75) is 148 Å². The fraction of sp³-hybridized carbons (Fsp3) is 0.675. The van der Waals surface area contributed by atoms with Gasteiger partial charge in [0.05, 0.1) is 6.42 Å². The summed E-state index contributed by atoms with van der Waals surface area (Å²) in [5, 5.41) is 7.92. The summed E-state index contributed by atoms with van der Waals surface area (Å²) >= 11 is 1.84. The van der Waals surface area contributed by atoms with Gasteiger partial charge in [-0.2, -0.15) is 0 Å². The maximum absolute atomic E-state index is 12.7. The molecule has 1 atom stereocenters. The number of unbranched alkanes of at least 4 members (excludes halogenated alkanes) is 11. The molecule has 0 spiro atoms. The van der Waals surface area contributed by atoms with Crippen LogP contribution in [0.15, 0.2) is 35.7 Å². The third kappa shape index (κ3) is 16.1. The summed E-state index contributed by atoms with van der Waals surface area (Å²) in [4.78, 5) is 40.5. The molecule has 2 amide bonds. The molecule has 1 heterocycles. The van der Waals surface area contributed by atoms with Crippen molar-refractivity contribution in [3.05, 3.63) is 51.7 Å². The van der Waals surface area contributed by atoms with Crippen molar-refractivity contribution < 1.29 is 19.1 Å². The predicted octanol–water partition coefficient (Wildman–Crippen LogP) is 8.57. The zero-order valence-electron chi connectivity index (χ0n) is 30.0. The molecule has 0 saturated carbocycles. The Morgan fingerprint density at radius 1 is 0.792 bits per heavy atom. The molecular weight excluding hydrogens is 619 g/mol. The maximum Gasteiger partial charge on any atom is 0.312 e. The number of carbonyl (C=O) groups is 3. The van der Waals surface area contributed by atoms with Crippen LogP contribution in [0, 0.1) is 0 Å². The van der Waals surface area contributed by atoms with Gasteiger partial charge in [0.15, 0.2) is 0 Å². The summed E-state index contributed by atoms with van der Waals surface area (Å²) in [6.45, 7) is 7.45. The number of fused-ring (bicyclic) bond motifs is 1. The standard InChI is InChI=1S/C40H63N3O4S/c1-3-29-43(30-27-35-20-18-31-48-35)34-24-25-36-33(32-34)19-17-21-37(36)47-40(46)26-28-42-39(45)23-16-14-12-10-8-6-5-7-9-11-13-15-22-38(44)41-4-2/h17-21,31,34H,3-16,22-30,32H2,1-2H3,(H,41,44)(H,42,45)/t34-/m0/s1. The van der Waals surface area contributed by atoms with Gasteiger partial charge in [0.1, 0.15) is 5.75 Å². The van der Waals surface area contributed by atoms with Gasteiger partial charge in [-0.05, 0) is 87.1 Å². The summed E-state index contributed by atoms with van der Waals surface area (Å²) in [6, 6.07) is 11.0. The lowest BCUT2D eigenvalue weighted by Gasteiger charge is -2.35. The molecule has 2 N–H and O–H groups in total. The fourth-order valence-corrected chi connectivity index (χ4v) is 7.52. The third-order valence-corrected chi connectivity index (χ3v) is 10.4. The van der Waals surface area contributed by atoms with E-state index in [-0.39, 0.29) is 24.2 Å². The number of nitrogens with zero attached hydrogens (tertiary/aromatic N) is 1. The molecule has 1 aliphatic carbocycles. The largest absolute Gasteiger partial charge is 0.426 e. The van der Waals surface area contributed by atoms with E-state index in [1.807, 2.05) is 30.4 Å². The molecule has 0 unspecified atom stereocenters. The van der Waals surface area contributed by atoms with E-state index in [2.05, 4.69) is 46.0 Å². The number of ether oxygens (including phenoxy) is 1. The molecule has 0 radical (unpaired) electrons. The van der Waals surface area contributed by atoms with E-state index in [4.69, 9.17) is 4.74 Å². The van der Waals surface area contributed by atoms with E-state index in [0.29, 0.717) is 31.2 Å². The fourth-order valence-electron chi connectivity index (χ4n) is 6.82. The molecule has 8 heteroatoms. The van der Waals surface area contributed by atoms with Crippen LogP contribution in [0.3, 0.4) is 0 Å². The van der Waals surface area contributed by atoms with Crippen LogP contribution in [-0.2, 0) is 33.6 Å². The highest BCUT2D eigenvalue weighted by atomic mass is 32.1. The van der Waals surface area contributed by atoms with Crippen LogP contribution in [0.25, 0.3) is 0 Å². The first kappa shape index (κ1) is 39.7. The van der Waals surface area contributed by atoms with E-state index in [9.17, 15) is 14.4 Å². The lowest BCUT2D eigenvalue weighted by molar-refractivity contribution is -0.134. The van der Waals surface area contributed by atoms with Crippen LogP contribution in [-0.4, -0.2) is 54.9 Å².